The number of hydrogen-bond donors (Lipinski definition) is 3. The summed E-state index contributed by atoms with van der Waals surface area (Å²) < 4.78 is 93.8. The summed E-state index contributed by atoms with van der Waals surface area (Å²) in [5, 5.41) is 6.00. The molecule has 306 valence electrons. The fourth-order valence-electron chi connectivity index (χ4n) is 5.94. The van der Waals surface area contributed by atoms with Gasteiger partial charge in [-0.1, -0.05) is 87.5 Å². The molecule has 2 aliphatic heterocycles. The Balaban J connectivity index is 0.00000131. The summed E-state index contributed by atoms with van der Waals surface area (Å²) in [6.07, 6.45) is -0.0345. The maximum Gasteiger partial charge on any atom is 0.417 e. The molecular weight excluding hydrogens is 706 g/mol. The van der Waals surface area contributed by atoms with Crippen LogP contribution in [-0.2, 0) is 6.18 Å². The van der Waals surface area contributed by atoms with Crippen molar-refractivity contribution in [3.63, 3.8) is 0 Å². The van der Waals surface area contributed by atoms with Crippen molar-refractivity contribution in [3.05, 3.63) is 58.4 Å². The van der Waals surface area contributed by atoms with Crippen LogP contribution in [0.3, 0.4) is 0 Å². The predicted molar refractivity (Wildman–Crippen MR) is 213 cm³/mol. The Hall–Kier alpha value is -3.58. The van der Waals surface area contributed by atoms with Crippen LogP contribution in [0.4, 0.5) is 37.8 Å². The summed E-state index contributed by atoms with van der Waals surface area (Å²) in [5.74, 6) is -1.48. The lowest BCUT2D eigenvalue weighted by Crippen LogP contribution is -2.39. The van der Waals surface area contributed by atoms with Gasteiger partial charge in [-0.25, -0.2) is 13.2 Å². The number of rotatable bonds is 12. The number of ether oxygens (including phenoxy) is 1. The largest absolute Gasteiger partial charge is 0.462 e. The number of nitrogens with zero attached hydrogens (tertiary/aromatic N) is 3. The summed E-state index contributed by atoms with van der Waals surface area (Å²) in [5.41, 5.74) is 1.88. The first-order chi connectivity index (χ1) is 25.4. The van der Waals surface area contributed by atoms with E-state index in [0.29, 0.717) is 31.3 Å². The van der Waals surface area contributed by atoms with Crippen molar-refractivity contribution >= 4 is 28.5 Å². The van der Waals surface area contributed by atoms with Gasteiger partial charge in [-0.2, -0.15) is 23.1 Å². The molecule has 0 amide bonds. The highest BCUT2D eigenvalue weighted by Gasteiger charge is 2.44. The van der Waals surface area contributed by atoms with Gasteiger partial charge in [0.1, 0.15) is 29.8 Å². The molecule has 1 aromatic carbocycles. The number of hydrogen-bond acceptors (Lipinski definition) is 7. The van der Waals surface area contributed by atoms with Gasteiger partial charge in [-0.15, -0.1) is 0 Å². The third-order valence-electron chi connectivity index (χ3n) is 8.67. The predicted octanol–water partition coefficient (Wildman–Crippen LogP) is 9.14. The molecule has 3 heterocycles. The SMILES string of the molecule is C=C/C(C)=c1\c(NCCNCC)nc(OCC2CC(F)C3CCCN23)n\c1=C(/F)C(=C)c1cc(N)c(F)c(C)c1C(F)(F)F.CC.CC(C)C.CCCC. The van der Waals surface area contributed by atoms with E-state index in [9.17, 15) is 22.0 Å². The number of allylic oxidation sites excluding steroid dienone is 2. The minimum atomic E-state index is -5.04. The van der Waals surface area contributed by atoms with E-state index in [2.05, 4.69) is 73.3 Å². The summed E-state index contributed by atoms with van der Waals surface area (Å²) in [6, 6.07) is 0.0574. The number of halogens is 6. The van der Waals surface area contributed by atoms with Crippen LogP contribution in [0.25, 0.3) is 17.0 Å². The van der Waals surface area contributed by atoms with Crippen molar-refractivity contribution in [2.45, 2.75) is 126 Å². The third-order valence-corrected chi connectivity index (χ3v) is 8.67. The lowest BCUT2D eigenvalue weighted by molar-refractivity contribution is -0.138. The zero-order chi connectivity index (χ0) is 41.3. The zero-order valence-corrected chi connectivity index (χ0v) is 34.0. The summed E-state index contributed by atoms with van der Waals surface area (Å²) in [4.78, 5) is 10.8. The van der Waals surface area contributed by atoms with Crippen molar-refractivity contribution in [2.75, 3.05) is 43.8 Å². The second-order valence-electron chi connectivity index (χ2n) is 13.8. The molecule has 0 radical (unpaired) electrons. The third kappa shape index (κ3) is 13.3. The first kappa shape index (κ1) is 48.4. The molecule has 4 N–H and O–H groups in total. The van der Waals surface area contributed by atoms with Gasteiger partial charge in [0.05, 0.1) is 11.3 Å². The summed E-state index contributed by atoms with van der Waals surface area (Å²) in [6.45, 7) is 29.0. The molecule has 3 atom stereocenters. The Bertz CT molecular complexity index is 1620. The van der Waals surface area contributed by atoms with E-state index in [4.69, 9.17) is 10.5 Å². The minimum Gasteiger partial charge on any atom is -0.462 e. The molecule has 0 spiro atoms. The van der Waals surface area contributed by atoms with E-state index < -0.39 is 57.3 Å². The highest BCUT2D eigenvalue weighted by atomic mass is 19.4. The number of likely N-dealkylation sites (N-methyl/N-ethyl adjacent to an activating group) is 1. The number of alkyl halides is 4. The number of benzene rings is 1. The highest BCUT2D eigenvalue weighted by Crippen LogP contribution is 2.41. The normalized spacial score (nSPS) is 18.9. The van der Waals surface area contributed by atoms with Gasteiger partial charge in [0.15, 0.2) is 5.83 Å². The molecule has 2 aromatic rings. The number of nitrogen functional groups attached to an aromatic ring is 1. The van der Waals surface area contributed by atoms with Crippen LogP contribution in [0.1, 0.15) is 111 Å². The van der Waals surface area contributed by atoms with Gasteiger partial charge in [0, 0.05) is 36.0 Å². The summed E-state index contributed by atoms with van der Waals surface area (Å²) in [7, 11) is 0. The van der Waals surface area contributed by atoms with Gasteiger partial charge < -0.3 is 21.1 Å². The van der Waals surface area contributed by atoms with E-state index in [1.54, 1.807) is 6.92 Å². The number of nitrogens with two attached hydrogens (primary N) is 1. The molecule has 3 unspecified atom stereocenters. The van der Waals surface area contributed by atoms with Gasteiger partial charge in [0.2, 0.25) is 0 Å². The molecule has 2 fully saturated rings. The van der Waals surface area contributed by atoms with Gasteiger partial charge in [-0.3, -0.25) is 4.90 Å². The lowest BCUT2D eigenvalue weighted by Gasteiger charge is -2.23. The smallest absolute Gasteiger partial charge is 0.417 e. The second-order valence-corrected chi connectivity index (χ2v) is 13.8. The van der Waals surface area contributed by atoms with E-state index in [1.165, 1.54) is 18.9 Å². The van der Waals surface area contributed by atoms with Crippen LogP contribution in [0.2, 0.25) is 0 Å². The first-order valence-electron chi connectivity index (χ1n) is 19.2. The Morgan fingerprint density at radius 3 is 2.28 bits per heavy atom. The molecule has 0 aliphatic carbocycles. The Morgan fingerprint density at radius 2 is 1.74 bits per heavy atom. The molecule has 54 heavy (non-hydrogen) atoms. The fourth-order valence-corrected chi connectivity index (χ4v) is 5.94. The summed E-state index contributed by atoms with van der Waals surface area (Å²) >= 11 is 0. The molecule has 2 saturated heterocycles. The van der Waals surface area contributed by atoms with Gasteiger partial charge in [-0.05, 0) is 74.9 Å². The number of nitrogens with one attached hydrogen (secondary N) is 2. The van der Waals surface area contributed by atoms with Crippen LogP contribution in [-0.4, -0.2) is 65.9 Å². The average Bonchev–Trinajstić information content (AvgIpc) is 3.74. The first-order valence-corrected chi connectivity index (χ1v) is 19.2. The van der Waals surface area contributed by atoms with Crippen molar-refractivity contribution in [1.29, 1.82) is 0 Å². The van der Waals surface area contributed by atoms with E-state index in [1.807, 2.05) is 20.8 Å². The number of aromatic nitrogens is 2. The molecular formula is C41H64F6N6O. The van der Waals surface area contributed by atoms with Gasteiger partial charge in [0.25, 0.3) is 0 Å². The minimum absolute atomic E-state index is 0.0329. The number of fused-ring (bicyclic) bond motifs is 1. The lowest BCUT2D eigenvalue weighted by atomic mass is 9.93. The van der Waals surface area contributed by atoms with E-state index in [0.717, 1.165) is 32.2 Å². The quantitative estimate of drug-likeness (QED) is 0.113. The average molecular weight is 771 g/mol. The van der Waals surface area contributed by atoms with Crippen LogP contribution in [0.15, 0.2) is 25.3 Å². The van der Waals surface area contributed by atoms with Crippen molar-refractivity contribution in [1.82, 2.24) is 20.2 Å². The zero-order valence-electron chi connectivity index (χ0n) is 34.0. The van der Waals surface area contributed by atoms with Crippen LogP contribution >= 0.6 is 0 Å². The number of anilines is 2. The van der Waals surface area contributed by atoms with Crippen molar-refractivity contribution in [3.8, 4) is 6.01 Å². The van der Waals surface area contributed by atoms with Crippen LogP contribution in [0.5, 0.6) is 6.01 Å². The second kappa shape index (κ2) is 23.4. The molecule has 0 bridgehead atoms. The highest BCUT2D eigenvalue weighted by molar-refractivity contribution is 5.95. The van der Waals surface area contributed by atoms with E-state index >= 15 is 4.39 Å². The topological polar surface area (TPSA) is 88.3 Å². The Morgan fingerprint density at radius 1 is 1.13 bits per heavy atom. The number of unbranched alkanes of at least 4 members (excludes halogenated alkanes) is 1. The monoisotopic (exact) mass is 771 g/mol. The molecule has 4 rings (SSSR count). The molecule has 1 aromatic heterocycles. The fraction of sp³-hybridized carbons (Fsp3) is 0.610. The molecule has 0 saturated carbocycles. The van der Waals surface area contributed by atoms with Crippen molar-refractivity contribution < 1.29 is 31.1 Å². The standard InChI is InChI=1S/C31H38F6N6O.2C4H10.C2H6/c1-6-16(3)24-28(27(34)17(4)20-14-22(38)26(33)18(5)25(20)31(35,36)37)41-30(42-29(24)40-11-10-39-7-2)44-15-19-13-21(32)23-9-8-12-43(19)23;1-4(2)3;1-3-4-2;1-2/h6,14,19,21,23,39H,1,4,7-13,15,38H2,2-3,5H3,(H,40,41,42);4H,1-3H3;3-4H2,1-2H3;1-2H3/b24-16-,28-27-;;;. The molecule has 13 heteroatoms. The Kier molecular flexibility index (Phi) is 21.0. The maximum absolute atomic E-state index is 16.5. The maximum atomic E-state index is 16.5. The van der Waals surface area contributed by atoms with Crippen molar-refractivity contribution in [2.24, 2.45) is 5.92 Å². The molecule has 7 nitrogen and oxygen atoms in total. The Labute approximate surface area is 319 Å². The van der Waals surface area contributed by atoms with Crippen LogP contribution < -0.4 is 31.7 Å². The van der Waals surface area contributed by atoms with E-state index in [-0.39, 0.29) is 42.2 Å². The molecule has 2 aliphatic rings. The van der Waals surface area contributed by atoms with Gasteiger partial charge >= 0.3 is 12.2 Å². The van der Waals surface area contributed by atoms with Crippen LogP contribution in [0, 0.1) is 18.7 Å².